The summed E-state index contributed by atoms with van der Waals surface area (Å²) in [6, 6.07) is 13.0. The molecule has 1 aromatic heterocycles. The van der Waals surface area contributed by atoms with Crippen LogP contribution in [0.15, 0.2) is 48.5 Å². The number of likely N-dealkylation sites (N-methyl/N-ethyl adjacent to an activating group) is 1. The van der Waals surface area contributed by atoms with Crippen LogP contribution in [-0.4, -0.2) is 44.5 Å². The summed E-state index contributed by atoms with van der Waals surface area (Å²) in [6.07, 6.45) is 0. The molecule has 2 N–H and O–H groups in total. The van der Waals surface area contributed by atoms with E-state index < -0.39 is 11.7 Å². The molecule has 33 heavy (non-hydrogen) atoms. The number of ether oxygens (including phenoxy) is 1. The molecule has 6 nitrogen and oxygen atoms in total. The van der Waals surface area contributed by atoms with Crippen LogP contribution in [0.5, 0.6) is 5.75 Å². The Bertz CT molecular complexity index is 1150. The number of methoxy groups -OCH3 is 1. The number of nitrogens with zero attached hydrogens (tertiary/aromatic N) is 1. The molecule has 0 saturated heterocycles. The molecule has 3 aromatic rings. The number of aryl methyl sites for hydroxylation is 1. The zero-order valence-corrected chi connectivity index (χ0v) is 20.3. The van der Waals surface area contributed by atoms with E-state index in [9.17, 15) is 14.0 Å². The predicted molar refractivity (Wildman–Crippen MR) is 130 cm³/mol. The number of hydrogen-bond donors (Lipinski definition) is 2. The van der Waals surface area contributed by atoms with Crippen molar-refractivity contribution in [1.29, 1.82) is 0 Å². The van der Waals surface area contributed by atoms with Gasteiger partial charge in [-0.15, -0.1) is 11.3 Å². The van der Waals surface area contributed by atoms with Gasteiger partial charge in [-0.2, -0.15) is 0 Å². The minimum atomic E-state index is -0.520. The van der Waals surface area contributed by atoms with Crippen molar-refractivity contribution in [3.05, 3.63) is 80.9 Å². The number of rotatable bonds is 8. The van der Waals surface area contributed by atoms with E-state index in [2.05, 4.69) is 10.6 Å². The normalized spacial score (nSPS) is 11.8. The van der Waals surface area contributed by atoms with Crippen LogP contribution in [0.1, 0.15) is 37.2 Å². The number of nitrogens with one attached hydrogen (secondary N) is 2. The van der Waals surface area contributed by atoms with Gasteiger partial charge in [-0.3, -0.25) is 9.59 Å². The molecule has 0 fully saturated rings. The van der Waals surface area contributed by atoms with E-state index in [4.69, 9.17) is 16.3 Å². The Labute approximate surface area is 201 Å². The molecule has 0 bridgehead atoms. The van der Waals surface area contributed by atoms with Gasteiger partial charge in [-0.05, 0) is 68.5 Å². The minimum Gasteiger partial charge on any atom is -0.497 e. The molecular weight excluding hydrogens is 465 g/mol. The maximum Gasteiger partial charge on any atom is 0.261 e. The van der Waals surface area contributed by atoms with Crippen molar-refractivity contribution in [2.45, 2.75) is 13.0 Å². The molecule has 9 heteroatoms. The van der Waals surface area contributed by atoms with Gasteiger partial charge in [-0.25, -0.2) is 4.39 Å². The highest BCUT2D eigenvalue weighted by atomic mass is 35.5. The fraction of sp³-hybridized carbons (Fsp3) is 0.250. The Morgan fingerprint density at radius 2 is 1.82 bits per heavy atom. The van der Waals surface area contributed by atoms with Gasteiger partial charge in [-0.1, -0.05) is 23.7 Å². The molecule has 1 unspecified atom stereocenters. The second-order valence-electron chi connectivity index (χ2n) is 7.66. The summed E-state index contributed by atoms with van der Waals surface area (Å²) in [5.74, 6) is -0.447. The average molecular weight is 490 g/mol. The van der Waals surface area contributed by atoms with Crippen LogP contribution < -0.4 is 15.4 Å². The zero-order valence-electron chi connectivity index (χ0n) is 18.7. The fourth-order valence-electron chi connectivity index (χ4n) is 3.32. The number of carbonyl (C=O) groups is 2. The van der Waals surface area contributed by atoms with Gasteiger partial charge >= 0.3 is 0 Å². The zero-order chi connectivity index (χ0) is 24.1. The predicted octanol–water partition coefficient (Wildman–Crippen LogP) is 5.14. The molecular formula is C24H25ClFN3O3S. The first-order chi connectivity index (χ1) is 15.7. The molecule has 1 heterocycles. The first-order valence-electron chi connectivity index (χ1n) is 10.1. The second-order valence-corrected chi connectivity index (χ2v) is 9.12. The number of thiophene rings is 1. The smallest absolute Gasteiger partial charge is 0.261 e. The number of amides is 2. The molecule has 0 spiro atoms. The van der Waals surface area contributed by atoms with Crippen LogP contribution in [0.25, 0.3) is 0 Å². The van der Waals surface area contributed by atoms with E-state index in [0.717, 1.165) is 22.9 Å². The number of anilines is 1. The Morgan fingerprint density at radius 3 is 2.42 bits per heavy atom. The van der Waals surface area contributed by atoms with Crippen molar-refractivity contribution in [3.63, 3.8) is 0 Å². The maximum absolute atomic E-state index is 13.2. The summed E-state index contributed by atoms with van der Waals surface area (Å²) < 4.78 is 18.4. The first-order valence-corrected chi connectivity index (χ1v) is 11.3. The van der Waals surface area contributed by atoms with Gasteiger partial charge in [0.05, 0.1) is 33.6 Å². The third-order valence-electron chi connectivity index (χ3n) is 5.12. The average Bonchev–Trinajstić information content (AvgIpc) is 3.13. The van der Waals surface area contributed by atoms with Crippen LogP contribution in [0.4, 0.5) is 9.39 Å². The van der Waals surface area contributed by atoms with Gasteiger partial charge in [0.2, 0.25) is 0 Å². The lowest BCUT2D eigenvalue weighted by Gasteiger charge is -2.25. The Hall–Kier alpha value is -2.94. The lowest BCUT2D eigenvalue weighted by atomic mass is 10.1. The van der Waals surface area contributed by atoms with Crippen molar-refractivity contribution in [2.24, 2.45) is 0 Å². The van der Waals surface area contributed by atoms with Crippen LogP contribution in [0.2, 0.25) is 5.02 Å². The van der Waals surface area contributed by atoms with Crippen molar-refractivity contribution < 1.29 is 18.7 Å². The Morgan fingerprint density at radius 1 is 1.12 bits per heavy atom. The number of carbonyl (C=O) groups excluding carboxylic acids is 2. The monoisotopic (exact) mass is 489 g/mol. The van der Waals surface area contributed by atoms with E-state index >= 15 is 0 Å². The maximum atomic E-state index is 13.2. The Kier molecular flexibility index (Phi) is 8.07. The minimum absolute atomic E-state index is 0.0204. The highest BCUT2D eigenvalue weighted by molar-refractivity contribution is 7.18. The van der Waals surface area contributed by atoms with E-state index in [-0.39, 0.29) is 22.5 Å². The van der Waals surface area contributed by atoms with Gasteiger partial charge in [0.25, 0.3) is 11.8 Å². The van der Waals surface area contributed by atoms with Gasteiger partial charge in [0.15, 0.2) is 0 Å². The van der Waals surface area contributed by atoms with Gasteiger partial charge in [0.1, 0.15) is 11.6 Å². The second kappa shape index (κ2) is 10.8. The van der Waals surface area contributed by atoms with E-state index in [1.54, 1.807) is 20.1 Å². The molecule has 1 atom stereocenters. The third-order valence-corrected chi connectivity index (χ3v) is 6.58. The lowest BCUT2D eigenvalue weighted by Crippen LogP contribution is -2.34. The van der Waals surface area contributed by atoms with E-state index in [1.807, 2.05) is 43.3 Å². The van der Waals surface area contributed by atoms with E-state index in [0.29, 0.717) is 16.4 Å². The van der Waals surface area contributed by atoms with Crippen molar-refractivity contribution in [3.8, 4) is 5.75 Å². The molecule has 0 aliphatic heterocycles. The molecule has 2 amide bonds. The van der Waals surface area contributed by atoms with E-state index in [1.165, 1.54) is 23.5 Å². The summed E-state index contributed by atoms with van der Waals surface area (Å²) in [4.78, 5) is 27.9. The van der Waals surface area contributed by atoms with Crippen LogP contribution in [0, 0.1) is 12.7 Å². The van der Waals surface area contributed by atoms with Crippen LogP contribution >= 0.6 is 22.9 Å². The standard InChI is InChI=1S/C24H25ClFN3O3S/c1-14-11-21(28-23(30)18-10-7-16(26)12-19(18)25)33-22(14)24(31)27-13-20(29(2)3)15-5-8-17(32-4)9-6-15/h5-12,20H,13H2,1-4H3,(H,27,31)(H,28,30). The van der Waals surface area contributed by atoms with Crippen molar-refractivity contribution in [2.75, 3.05) is 33.1 Å². The largest absolute Gasteiger partial charge is 0.497 e. The molecule has 3 rings (SSSR count). The molecule has 0 saturated carbocycles. The summed E-state index contributed by atoms with van der Waals surface area (Å²) in [7, 11) is 5.52. The SMILES string of the molecule is COc1ccc(C(CNC(=O)c2sc(NC(=O)c3ccc(F)cc3Cl)cc2C)N(C)C)cc1. The summed E-state index contributed by atoms with van der Waals surface area (Å²) in [6.45, 7) is 2.21. The molecule has 0 aliphatic carbocycles. The number of hydrogen-bond acceptors (Lipinski definition) is 5. The van der Waals surface area contributed by atoms with Gasteiger partial charge < -0.3 is 20.3 Å². The lowest BCUT2D eigenvalue weighted by molar-refractivity contribution is 0.0944. The quantitative estimate of drug-likeness (QED) is 0.459. The topological polar surface area (TPSA) is 70.7 Å². The highest BCUT2D eigenvalue weighted by Crippen LogP contribution is 2.28. The molecule has 174 valence electrons. The summed E-state index contributed by atoms with van der Waals surface area (Å²) in [5.41, 5.74) is 1.94. The fourth-order valence-corrected chi connectivity index (χ4v) is 4.55. The first kappa shape index (κ1) is 24.7. The van der Waals surface area contributed by atoms with Crippen molar-refractivity contribution in [1.82, 2.24) is 10.2 Å². The molecule has 2 aromatic carbocycles. The van der Waals surface area contributed by atoms with Crippen LogP contribution in [-0.2, 0) is 0 Å². The van der Waals surface area contributed by atoms with Crippen molar-refractivity contribution >= 4 is 39.8 Å². The number of halogens is 2. The highest BCUT2D eigenvalue weighted by Gasteiger charge is 2.20. The van der Waals surface area contributed by atoms with Gasteiger partial charge in [0, 0.05) is 6.54 Å². The summed E-state index contributed by atoms with van der Waals surface area (Å²) in [5, 5.41) is 6.23. The van der Waals surface area contributed by atoms with Crippen LogP contribution in [0.3, 0.4) is 0 Å². The number of benzene rings is 2. The Balaban J connectivity index is 1.68. The summed E-state index contributed by atoms with van der Waals surface area (Å²) >= 11 is 7.14. The molecule has 0 radical (unpaired) electrons. The third kappa shape index (κ3) is 6.10. The molecule has 0 aliphatic rings.